The van der Waals surface area contributed by atoms with E-state index in [9.17, 15) is 4.79 Å². The third kappa shape index (κ3) is 3.84. The number of methoxy groups -OCH3 is 2. The van der Waals surface area contributed by atoms with Crippen LogP contribution in [0.3, 0.4) is 0 Å². The fourth-order valence-corrected chi connectivity index (χ4v) is 1.71. The molecule has 0 aliphatic carbocycles. The SMILES string of the molecule is COc1ccc(C(=O)CCC(C)(C)OC)cc1C. The first-order chi connectivity index (χ1) is 8.39. The number of ketones is 1. The highest BCUT2D eigenvalue weighted by Crippen LogP contribution is 2.21. The van der Waals surface area contributed by atoms with Crippen molar-refractivity contribution in [1.29, 1.82) is 0 Å². The predicted octanol–water partition coefficient (Wildman–Crippen LogP) is 3.39. The van der Waals surface area contributed by atoms with Gasteiger partial charge in [0.1, 0.15) is 5.75 Å². The summed E-state index contributed by atoms with van der Waals surface area (Å²) in [4.78, 5) is 12.1. The Kier molecular flexibility index (Phi) is 4.91. The Morgan fingerprint density at radius 2 is 1.94 bits per heavy atom. The zero-order valence-electron chi connectivity index (χ0n) is 11.9. The number of hydrogen-bond acceptors (Lipinski definition) is 3. The normalized spacial score (nSPS) is 11.4. The lowest BCUT2D eigenvalue weighted by atomic mass is 9.97. The van der Waals surface area contributed by atoms with E-state index >= 15 is 0 Å². The summed E-state index contributed by atoms with van der Waals surface area (Å²) >= 11 is 0. The second-order valence-corrected chi connectivity index (χ2v) is 5.07. The van der Waals surface area contributed by atoms with E-state index in [1.165, 1.54) is 0 Å². The Morgan fingerprint density at radius 1 is 1.28 bits per heavy atom. The van der Waals surface area contributed by atoms with Gasteiger partial charge in [0.05, 0.1) is 12.7 Å². The molecular formula is C15H22O3. The molecule has 100 valence electrons. The van der Waals surface area contributed by atoms with E-state index in [0.29, 0.717) is 12.8 Å². The molecule has 1 aromatic carbocycles. The summed E-state index contributed by atoms with van der Waals surface area (Å²) in [5, 5.41) is 0. The van der Waals surface area contributed by atoms with E-state index in [-0.39, 0.29) is 11.4 Å². The summed E-state index contributed by atoms with van der Waals surface area (Å²) in [6.07, 6.45) is 1.21. The molecule has 0 fully saturated rings. The molecule has 3 heteroatoms. The lowest BCUT2D eigenvalue weighted by molar-refractivity contribution is 0.0141. The van der Waals surface area contributed by atoms with Crippen LogP contribution < -0.4 is 4.74 Å². The van der Waals surface area contributed by atoms with E-state index in [4.69, 9.17) is 9.47 Å². The Labute approximate surface area is 109 Å². The number of rotatable bonds is 6. The van der Waals surface area contributed by atoms with Crippen molar-refractivity contribution < 1.29 is 14.3 Å². The molecule has 1 rings (SSSR count). The lowest BCUT2D eigenvalue weighted by Crippen LogP contribution is -2.23. The van der Waals surface area contributed by atoms with E-state index in [1.54, 1.807) is 14.2 Å². The average molecular weight is 250 g/mol. The quantitative estimate of drug-likeness (QED) is 0.726. The molecule has 0 N–H and O–H groups in total. The van der Waals surface area contributed by atoms with Gasteiger partial charge in [0.2, 0.25) is 0 Å². The van der Waals surface area contributed by atoms with E-state index in [0.717, 1.165) is 16.9 Å². The molecule has 3 nitrogen and oxygen atoms in total. The van der Waals surface area contributed by atoms with Crippen molar-refractivity contribution in [1.82, 2.24) is 0 Å². The van der Waals surface area contributed by atoms with Crippen molar-refractivity contribution in [3.63, 3.8) is 0 Å². The first kappa shape index (κ1) is 14.7. The van der Waals surface area contributed by atoms with Crippen molar-refractivity contribution in [3.8, 4) is 5.75 Å². The summed E-state index contributed by atoms with van der Waals surface area (Å²) in [6.45, 7) is 5.91. The molecule has 0 amide bonds. The zero-order valence-corrected chi connectivity index (χ0v) is 11.9. The second-order valence-electron chi connectivity index (χ2n) is 5.07. The molecule has 0 aromatic heterocycles. The topological polar surface area (TPSA) is 35.5 Å². The minimum atomic E-state index is -0.253. The van der Waals surface area contributed by atoms with Crippen LogP contribution in [-0.2, 0) is 4.74 Å². The number of benzene rings is 1. The van der Waals surface area contributed by atoms with Crippen LogP contribution in [0.2, 0.25) is 0 Å². The van der Waals surface area contributed by atoms with Gasteiger partial charge in [0, 0.05) is 19.1 Å². The minimum absolute atomic E-state index is 0.144. The van der Waals surface area contributed by atoms with Crippen LogP contribution in [0.25, 0.3) is 0 Å². The zero-order chi connectivity index (χ0) is 13.8. The van der Waals surface area contributed by atoms with E-state index in [1.807, 2.05) is 39.0 Å². The van der Waals surface area contributed by atoms with E-state index < -0.39 is 0 Å². The first-order valence-electron chi connectivity index (χ1n) is 6.12. The van der Waals surface area contributed by atoms with Crippen LogP contribution >= 0.6 is 0 Å². The summed E-state index contributed by atoms with van der Waals surface area (Å²) in [5.41, 5.74) is 1.46. The number of Topliss-reactive ketones (excluding diaryl/α,β-unsaturated/α-hetero) is 1. The third-order valence-electron chi connectivity index (χ3n) is 3.22. The molecule has 0 radical (unpaired) electrons. The Balaban J connectivity index is 2.71. The van der Waals surface area contributed by atoms with Crippen molar-refractivity contribution >= 4 is 5.78 Å². The Hall–Kier alpha value is -1.35. The molecule has 0 aliphatic heterocycles. The van der Waals surface area contributed by atoms with Crippen LogP contribution in [0.15, 0.2) is 18.2 Å². The van der Waals surface area contributed by atoms with Crippen molar-refractivity contribution in [3.05, 3.63) is 29.3 Å². The minimum Gasteiger partial charge on any atom is -0.496 e. The highest BCUT2D eigenvalue weighted by atomic mass is 16.5. The average Bonchev–Trinajstić information content (AvgIpc) is 2.36. The molecule has 0 heterocycles. The predicted molar refractivity (Wildman–Crippen MR) is 72.4 cm³/mol. The van der Waals surface area contributed by atoms with Gasteiger partial charge in [-0.15, -0.1) is 0 Å². The third-order valence-corrected chi connectivity index (χ3v) is 3.22. The summed E-state index contributed by atoms with van der Waals surface area (Å²) in [6, 6.07) is 5.53. The van der Waals surface area contributed by atoms with Crippen LogP contribution in [0.4, 0.5) is 0 Å². The van der Waals surface area contributed by atoms with Gasteiger partial charge >= 0.3 is 0 Å². The van der Waals surface area contributed by atoms with Gasteiger partial charge in [-0.1, -0.05) is 0 Å². The van der Waals surface area contributed by atoms with E-state index in [2.05, 4.69) is 0 Å². The molecule has 18 heavy (non-hydrogen) atoms. The molecule has 0 unspecified atom stereocenters. The van der Waals surface area contributed by atoms with Crippen LogP contribution in [0.1, 0.15) is 42.6 Å². The molecule has 0 bridgehead atoms. The Bertz CT molecular complexity index is 422. The standard InChI is InChI=1S/C15H22O3/c1-11-10-12(6-7-14(11)17-4)13(16)8-9-15(2,3)18-5/h6-7,10H,8-9H2,1-5H3. The largest absolute Gasteiger partial charge is 0.496 e. The number of ether oxygens (including phenoxy) is 2. The van der Waals surface area contributed by atoms with Crippen molar-refractivity contribution in [2.24, 2.45) is 0 Å². The molecule has 0 saturated heterocycles. The maximum Gasteiger partial charge on any atom is 0.162 e. The fraction of sp³-hybridized carbons (Fsp3) is 0.533. The molecular weight excluding hydrogens is 228 g/mol. The molecule has 0 aliphatic rings. The fourth-order valence-electron chi connectivity index (χ4n) is 1.71. The molecule has 1 aromatic rings. The van der Waals surface area contributed by atoms with Gasteiger partial charge in [-0.25, -0.2) is 0 Å². The monoisotopic (exact) mass is 250 g/mol. The number of aryl methyl sites for hydroxylation is 1. The molecule has 0 atom stereocenters. The van der Waals surface area contributed by atoms with Gasteiger partial charge in [0.15, 0.2) is 5.78 Å². The number of hydrogen-bond donors (Lipinski definition) is 0. The first-order valence-corrected chi connectivity index (χ1v) is 6.12. The van der Waals surface area contributed by atoms with Gasteiger partial charge < -0.3 is 9.47 Å². The number of carbonyl (C=O) groups excluding carboxylic acids is 1. The van der Waals surface area contributed by atoms with Crippen LogP contribution in [0, 0.1) is 6.92 Å². The highest BCUT2D eigenvalue weighted by Gasteiger charge is 2.18. The van der Waals surface area contributed by atoms with Crippen LogP contribution in [-0.4, -0.2) is 25.6 Å². The van der Waals surface area contributed by atoms with Gasteiger partial charge in [-0.2, -0.15) is 0 Å². The number of carbonyl (C=O) groups is 1. The smallest absolute Gasteiger partial charge is 0.162 e. The maximum atomic E-state index is 12.1. The van der Waals surface area contributed by atoms with Gasteiger partial charge in [-0.05, 0) is 51.0 Å². The summed E-state index contributed by atoms with van der Waals surface area (Å²) in [7, 11) is 3.30. The Morgan fingerprint density at radius 3 is 2.44 bits per heavy atom. The molecule has 0 spiro atoms. The second kappa shape index (κ2) is 6.01. The van der Waals surface area contributed by atoms with Crippen LogP contribution in [0.5, 0.6) is 5.75 Å². The summed E-state index contributed by atoms with van der Waals surface area (Å²) in [5.74, 6) is 0.953. The maximum absolute atomic E-state index is 12.1. The van der Waals surface area contributed by atoms with Gasteiger partial charge in [-0.3, -0.25) is 4.79 Å². The lowest BCUT2D eigenvalue weighted by Gasteiger charge is -2.22. The highest BCUT2D eigenvalue weighted by molar-refractivity contribution is 5.96. The summed E-state index contributed by atoms with van der Waals surface area (Å²) < 4.78 is 10.5. The van der Waals surface area contributed by atoms with Crippen molar-refractivity contribution in [2.75, 3.05) is 14.2 Å². The van der Waals surface area contributed by atoms with Crippen molar-refractivity contribution in [2.45, 2.75) is 39.2 Å². The molecule has 0 saturated carbocycles. The van der Waals surface area contributed by atoms with Gasteiger partial charge in [0.25, 0.3) is 0 Å².